The molecule has 0 N–H and O–H groups in total. The summed E-state index contributed by atoms with van der Waals surface area (Å²) in [7, 11) is 0. The van der Waals surface area contributed by atoms with Crippen molar-refractivity contribution in [1.29, 1.82) is 0 Å². The molecule has 0 aromatic carbocycles. The van der Waals surface area contributed by atoms with Crippen LogP contribution in [0.5, 0.6) is 0 Å². The smallest absolute Gasteiger partial charge is 0.132 e. The topological polar surface area (TPSA) is 38.7 Å². The Balaban J connectivity index is 2.24. The van der Waals surface area contributed by atoms with Gasteiger partial charge in [0.2, 0.25) is 0 Å². The molecule has 0 aliphatic carbocycles. The van der Waals surface area contributed by atoms with Gasteiger partial charge in [0.25, 0.3) is 0 Å². The van der Waals surface area contributed by atoms with Crippen LogP contribution in [0.3, 0.4) is 0 Å². The Morgan fingerprint density at radius 1 is 0.323 bits per heavy atom. The number of hydrogen-bond acceptors (Lipinski definition) is 3. The highest BCUT2D eigenvalue weighted by Crippen LogP contribution is 2.13. The van der Waals surface area contributed by atoms with Crippen LogP contribution in [-0.2, 0) is 19.3 Å². The minimum atomic E-state index is 0.984. The molecule has 3 heteroatoms. The van der Waals surface area contributed by atoms with Gasteiger partial charge in [-0.2, -0.15) is 0 Å². The minimum Gasteiger partial charge on any atom is -0.218 e. The molecule has 1 heterocycles. The van der Waals surface area contributed by atoms with Gasteiger partial charge in [-0.25, -0.2) is 15.0 Å². The predicted octanol–water partition coefficient (Wildman–Crippen LogP) is 8.97. The summed E-state index contributed by atoms with van der Waals surface area (Å²) in [5.41, 5.74) is 0. The van der Waals surface area contributed by atoms with Gasteiger partial charge >= 0.3 is 0 Å². The van der Waals surface area contributed by atoms with E-state index in [0.717, 1.165) is 43.2 Å². The van der Waals surface area contributed by atoms with Crippen molar-refractivity contribution in [2.45, 2.75) is 162 Å². The summed E-state index contributed by atoms with van der Waals surface area (Å²) in [5, 5.41) is 0. The highest BCUT2D eigenvalue weighted by Gasteiger charge is 2.07. The van der Waals surface area contributed by atoms with E-state index in [4.69, 9.17) is 15.0 Å². The second kappa shape index (κ2) is 20.9. The first-order chi connectivity index (χ1) is 15.3. The summed E-state index contributed by atoms with van der Waals surface area (Å²) >= 11 is 0. The third kappa shape index (κ3) is 16.3. The maximum absolute atomic E-state index is 4.83. The zero-order valence-electron chi connectivity index (χ0n) is 21.4. The van der Waals surface area contributed by atoms with Gasteiger partial charge in [0, 0.05) is 19.3 Å². The number of aryl methyl sites for hydroxylation is 3. The summed E-state index contributed by atoms with van der Waals surface area (Å²) in [4.78, 5) is 14.4. The van der Waals surface area contributed by atoms with Gasteiger partial charge < -0.3 is 0 Å². The van der Waals surface area contributed by atoms with Crippen molar-refractivity contribution < 1.29 is 0 Å². The number of unbranched alkanes of at least 4 members (excludes halogenated alkanes) is 16. The van der Waals surface area contributed by atoms with Crippen molar-refractivity contribution in [3.05, 3.63) is 17.5 Å². The van der Waals surface area contributed by atoms with Crippen LogP contribution in [0.2, 0.25) is 0 Å². The van der Waals surface area contributed by atoms with Gasteiger partial charge in [-0.1, -0.05) is 124 Å². The van der Waals surface area contributed by atoms with Crippen molar-refractivity contribution in [1.82, 2.24) is 15.0 Å². The first-order valence-corrected chi connectivity index (χ1v) is 14.0. The average molecular weight is 432 g/mol. The molecule has 0 radical (unpaired) electrons. The van der Waals surface area contributed by atoms with Crippen LogP contribution in [0.15, 0.2) is 0 Å². The summed E-state index contributed by atoms with van der Waals surface area (Å²) in [5.74, 6) is 3.12. The Hall–Kier alpha value is -0.990. The molecule has 0 saturated carbocycles. The number of hydrogen-bond donors (Lipinski definition) is 0. The zero-order valence-corrected chi connectivity index (χ0v) is 21.4. The van der Waals surface area contributed by atoms with Crippen LogP contribution < -0.4 is 0 Å². The largest absolute Gasteiger partial charge is 0.218 e. The second-order valence-corrected chi connectivity index (χ2v) is 9.49. The molecule has 0 aliphatic rings. The van der Waals surface area contributed by atoms with Gasteiger partial charge in [0.15, 0.2) is 0 Å². The maximum Gasteiger partial charge on any atom is 0.132 e. The monoisotopic (exact) mass is 431 g/mol. The molecule has 0 unspecified atom stereocenters. The number of aromatic nitrogens is 3. The second-order valence-electron chi connectivity index (χ2n) is 9.49. The van der Waals surface area contributed by atoms with E-state index >= 15 is 0 Å². The Bertz CT molecular complexity index is 475. The highest BCUT2D eigenvalue weighted by molar-refractivity contribution is 4.98. The standard InChI is InChI=1S/C28H53N3/c1-4-7-9-11-13-15-17-19-21-24-27-29-26(23-6-3)30-28(31-27)25-22-20-18-16-14-12-10-8-5-2/h4-25H2,1-3H3. The molecular weight excluding hydrogens is 378 g/mol. The van der Waals surface area contributed by atoms with Crippen LogP contribution in [0.4, 0.5) is 0 Å². The van der Waals surface area contributed by atoms with Crippen molar-refractivity contribution in [3.8, 4) is 0 Å². The molecule has 0 saturated heterocycles. The van der Waals surface area contributed by atoms with Crippen LogP contribution in [0.25, 0.3) is 0 Å². The van der Waals surface area contributed by atoms with Crippen molar-refractivity contribution in [2.24, 2.45) is 0 Å². The Labute approximate surface area is 194 Å². The van der Waals surface area contributed by atoms with Crippen molar-refractivity contribution in [3.63, 3.8) is 0 Å². The van der Waals surface area contributed by atoms with Crippen LogP contribution in [0.1, 0.15) is 160 Å². The molecule has 1 rings (SSSR count). The van der Waals surface area contributed by atoms with E-state index in [2.05, 4.69) is 20.8 Å². The first-order valence-electron chi connectivity index (χ1n) is 14.0. The fourth-order valence-corrected chi connectivity index (χ4v) is 4.27. The van der Waals surface area contributed by atoms with E-state index in [9.17, 15) is 0 Å². The average Bonchev–Trinajstić information content (AvgIpc) is 2.77. The van der Waals surface area contributed by atoms with Crippen molar-refractivity contribution >= 4 is 0 Å². The number of rotatable bonds is 22. The summed E-state index contributed by atoms with van der Waals surface area (Å²) in [6.45, 7) is 6.79. The van der Waals surface area contributed by atoms with Crippen LogP contribution in [0, 0.1) is 0 Å². The lowest BCUT2D eigenvalue weighted by Gasteiger charge is -2.07. The minimum absolute atomic E-state index is 0.984. The summed E-state index contributed by atoms with van der Waals surface area (Å²) in [6, 6.07) is 0. The summed E-state index contributed by atoms with van der Waals surface area (Å²) < 4.78 is 0. The van der Waals surface area contributed by atoms with E-state index in [1.807, 2.05) is 0 Å². The molecule has 31 heavy (non-hydrogen) atoms. The van der Waals surface area contributed by atoms with E-state index in [0.29, 0.717) is 0 Å². The lowest BCUT2D eigenvalue weighted by Crippen LogP contribution is -2.08. The Morgan fingerprint density at radius 2 is 0.613 bits per heavy atom. The SMILES string of the molecule is CCCCCCCCCCCc1nc(CCC)nc(CCCCCCCCCCC)n1. The van der Waals surface area contributed by atoms with Gasteiger partial charge in [0.05, 0.1) is 0 Å². The zero-order chi connectivity index (χ0) is 22.4. The third-order valence-corrected chi connectivity index (χ3v) is 6.26. The normalized spacial score (nSPS) is 11.3. The molecule has 0 atom stereocenters. The van der Waals surface area contributed by atoms with Crippen molar-refractivity contribution in [2.75, 3.05) is 0 Å². The molecule has 0 bridgehead atoms. The van der Waals surface area contributed by atoms with Gasteiger partial charge in [-0.3, -0.25) is 0 Å². The predicted molar refractivity (Wildman–Crippen MR) is 136 cm³/mol. The molecule has 0 aliphatic heterocycles. The molecule has 1 aromatic heterocycles. The molecule has 3 nitrogen and oxygen atoms in total. The lowest BCUT2D eigenvalue weighted by atomic mass is 10.1. The van der Waals surface area contributed by atoms with Gasteiger partial charge in [-0.05, 0) is 19.3 Å². The lowest BCUT2D eigenvalue weighted by molar-refractivity contribution is 0.555. The van der Waals surface area contributed by atoms with E-state index in [1.54, 1.807) is 0 Å². The summed E-state index contributed by atoms with van der Waals surface area (Å²) in [6.07, 6.45) is 28.7. The third-order valence-electron chi connectivity index (χ3n) is 6.26. The van der Waals surface area contributed by atoms with E-state index in [1.165, 1.54) is 116 Å². The fourth-order valence-electron chi connectivity index (χ4n) is 4.27. The molecule has 1 aromatic rings. The molecule has 0 amide bonds. The maximum atomic E-state index is 4.83. The Kier molecular flexibility index (Phi) is 18.9. The Morgan fingerprint density at radius 3 is 0.935 bits per heavy atom. The molecule has 0 fully saturated rings. The van der Waals surface area contributed by atoms with E-state index < -0.39 is 0 Å². The van der Waals surface area contributed by atoms with Crippen LogP contribution >= 0.6 is 0 Å². The van der Waals surface area contributed by atoms with Crippen LogP contribution in [-0.4, -0.2) is 15.0 Å². The van der Waals surface area contributed by atoms with Gasteiger partial charge in [0.1, 0.15) is 17.5 Å². The molecule has 180 valence electrons. The first kappa shape index (κ1) is 28.0. The fraction of sp³-hybridized carbons (Fsp3) is 0.893. The molecular formula is C28H53N3. The number of nitrogens with zero attached hydrogens (tertiary/aromatic N) is 3. The highest BCUT2D eigenvalue weighted by atomic mass is 15.0. The quantitative estimate of drug-likeness (QED) is 0.172. The van der Waals surface area contributed by atoms with E-state index in [-0.39, 0.29) is 0 Å². The molecule has 0 spiro atoms. The van der Waals surface area contributed by atoms with Gasteiger partial charge in [-0.15, -0.1) is 0 Å².